The Kier molecular flexibility index (Phi) is 6.53. The smallest absolute Gasteiger partial charge is 0.172 e. The van der Waals surface area contributed by atoms with Gasteiger partial charge in [-0.3, -0.25) is 4.90 Å². The Morgan fingerprint density at radius 1 is 1.27 bits per heavy atom. The topological polar surface area (TPSA) is 44.7 Å². The summed E-state index contributed by atoms with van der Waals surface area (Å²) in [5.41, 5.74) is 1.21. The highest BCUT2D eigenvalue weighted by atomic mass is 79.9. The summed E-state index contributed by atoms with van der Waals surface area (Å²) < 4.78 is 6.02. The summed E-state index contributed by atoms with van der Waals surface area (Å²) in [6.45, 7) is 8.72. The van der Waals surface area contributed by atoms with E-state index in [4.69, 9.17) is 4.74 Å². The monoisotopic (exact) mass is 370 g/mol. The third kappa shape index (κ3) is 4.37. The van der Waals surface area contributed by atoms with Crippen LogP contribution in [0.1, 0.15) is 38.3 Å². The number of hydrogen-bond donors (Lipinski definition) is 2. The Morgan fingerprint density at radius 3 is 2.55 bits per heavy atom. The van der Waals surface area contributed by atoms with Gasteiger partial charge in [0.15, 0.2) is 11.5 Å². The Bertz CT molecular complexity index is 488. The molecule has 0 bridgehead atoms. The lowest BCUT2D eigenvalue weighted by atomic mass is 9.95. The van der Waals surface area contributed by atoms with E-state index >= 15 is 0 Å². The molecule has 1 aromatic rings. The van der Waals surface area contributed by atoms with Gasteiger partial charge in [0.25, 0.3) is 0 Å². The van der Waals surface area contributed by atoms with Gasteiger partial charge in [0.2, 0.25) is 0 Å². The SMILES string of the molecule is COc1cc([C@@H](CCC(C)C)N2CCNCC2)cc(Br)c1O. The van der Waals surface area contributed by atoms with Crippen LogP contribution in [-0.2, 0) is 0 Å². The van der Waals surface area contributed by atoms with Crippen molar-refractivity contribution < 1.29 is 9.84 Å². The summed E-state index contributed by atoms with van der Waals surface area (Å²) in [6.07, 6.45) is 2.31. The van der Waals surface area contributed by atoms with Gasteiger partial charge >= 0.3 is 0 Å². The van der Waals surface area contributed by atoms with Crippen LogP contribution in [0.4, 0.5) is 0 Å². The number of aromatic hydroxyl groups is 1. The van der Waals surface area contributed by atoms with Crippen molar-refractivity contribution in [3.8, 4) is 11.5 Å². The number of methoxy groups -OCH3 is 1. The fraction of sp³-hybridized carbons (Fsp3) is 0.647. The second kappa shape index (κ2) is 8.18. The lowest BCUT2D eigenvalue weighted by Gasteiger charge is -2.36. The highest BCUT2D eigenvalue weighted by Crippen LogP contribution is 2.39. The molecule has 1 aliphatic rings. The minimum atomic E-state index is 0.175. The third-order valence-corrected chi connectivity index (χ3v) is 4.87. The lowest BCUT2D eigenvalue weighted by Crippen LogP contribution is -2.45. The van der Waals surface area contributed by atoms with Crippen molar-refractivity contribution in [3.63, 3.8) is 0 Å². The van der Waals surface area contributed by atoms with Gasteiger partial charge in [-0.15, -0.1) is 0 Å². The third-order valence-electron chi connectivity index (χ3n) is 4.27. The quantitative estimate of drug-likeness (QED) is 0.803. The molecule has 0 aliphatic carbocycles. The first-order valence-corrected chi connectivity index (χ1v) is 8.83. The second-order valence-electron chi connectivity index (χ2n) is 6.33. The van der Waals surface area contributed by atoms with Gasteiger partial charge in [-0.1, -0.05) is 13.8 Å². The molecule has 4 nitrogen and oxygen atoms in total. The molecule has 2 N–H and O–H groups in total. The Balaban J connectivity index is 2.28. The molecule has 22 heavy (non-hydrogen) atoms. The van der Waals surface area contributed by atoms with Crippen LogP contribution in [-0.4, -0.2) is 43.3 Å². The molecule has 1 atom stereocenters. The summed E-state index contributed by atoms with van der Waals surface area (Å²) >= 11 is 3.45. The average Bonchev–Trinajstić information content (AvgIpc) is 2.51. The molecular weight excluding hydrogens is 344 g/mol. The van der Waals surface area contributed by atoms with E-state index in [1.807, 2.05) is 12.1 Å². The van der Waals surface area contributed by atoms with Crippen LogP contribution in [0.3, 0.4) is 0 Å². The molecule has 0 aromatic heterocycles. The number of ether oxygens (including phenoxy) is 1. The van der Waals surface area contributed by atoms with Gasteiger partial charge in [0, 0.05) is 32.2 Å². The molecule has 5 heteroatoms. The van der Waals surface area contributed by atoms with Crippen LogP contribution in [0.5, 0.6) is 11.5 Å². The molecule has 0 saturated carbocycles. The maximum Gasteiger partial charge on any atom is 0.172 e. The number of halogens is 1. The van der Waals surface area contributed by atoms with Crippen LogP contribution in [0, 0.1) is 5.92 Å². The van der Waals surface area contributed by atoms with Crippen molar-refractivity contribution >= 4 is 15.9 Å². The van der Waals surface area contributed by atoms with Crippen molar-refractivity contribution in [2.45, 2.75) is 32.7 Å². The normalized spacial score (nSPS) is 17.7. The van der Waals surface area contributed by atoms with Crippen molar-refractivity contribution in [1.29, 1.82) is 0 Å². The number of hydrogen-bond acceptors (Lipinski definition) is 4. The maximum absolute atomic E-state index is 10.0. The van der Waals surface area contributed by atoms with Crippen LogP contribution in [0.25, 0.3) is 0 Å². The highest BCUT2D eigenvalue weighted by molar-refractivity contribution is 9.10. The zero-order valence-corrected chi connectivity index (χ0v) is 15.3. The molecule has 1 aromatic carbocycles. The van der Waals surface area contributed by atoms with E-state index in [0.29, 0.717) is 22.2 Å². The maximum atomic E-state index is 10.0. The Morgan fingerprint density at radius 2 is 1.95 bits per heavy atom. The van der Waals surface area contributed by atoms with Gasteiger partial charge in [-0.2, -0.15) is 0 Å². The predicted octanol–water partition coefficient (Wildman–Crippen LogP) is 3.55. The number of nitrogens with zero attached hydrogens (tertiary/aromatic N) is 1. The molecule has 1 heterocycles. The summed E-state index contributed by atoms with van der Waals surface area (Å²) in [4.78, 5) is 2.54. The molecule has 0 unspecified atom stereocenters. The zero-order chi connectivity index (χ0) is 16.1. The molecule has 1 saturated heterocycles. The Hall–Kier alpha value is -0.780. The zero-order valence-electron chi connectivity index (χ0n) is 13.7. The largest absolute Gasteiger partial charge is 0.503 e. The molecular formula is C17H27BrN2O2. The molecule has 1 fully saturated rings. The minimum absolute atomic E-state index is 0.175. The number of benzene rings is 1. The standard InChI is InChI=1S/C17H27BrN2O2/c1-12(2)4-5-15(20-8-6-19-7-9-20)13-10-14(18)17(21)16(11-13)22-3/h10-12,15,19,21H,4-9H2,1-3H3/t15-/m1/s1. The van der Waals surface area contributed by atoms with Gasteiger partial charge in [-0.05, 0) is 52.4 Å². The predicted molar refractivity (Wildman–Crippen MR) is 93.6 cm³/mol. The number of nitrogens with one attached hydrogen (secondary N) is 1. The van der Waals surface area contributed by atoms with Crippen molar-refractivity contribution in [1.82, 2.24) is 10.2 Å². The van der Waals surface area contributed by atoms with Gasteiger partial charge in [0.05, 0.1) is 11.6 Å². The van der Waals surface area contributed by atoms with Gasteiger partial charge < -0.3 is 15.2 Å². The molecule has 124 valence electrons. The number of phenols is 1. The van der Waals surface area contributed by atoms with E-state index < -0.39 is 0 Å². The molecule has 0 amide bonds. The summed E-state index contributed by atoms with van der Waals surface area (Å²) in [5, 5.41) is 13.5. The summed E-state index contributed by atoms with van der Waals surface area (Å²) in [7, 11) is 1.60. The molecule has 0 radical (unpaired) electrons. The van der Waals surface area contributed by atoms with Crippen LogP contribution < -0.4 is 10.1 Å². The van der Waals surface area contributed by atoms with Crippen LogP contribution in [0.15, 0.2) is 16.6 Å². The van der Waals surface area contributed by atoms with Crippen molar-refractivity contribution in [3.05, 3.63) is 22.2 Å². The fourth-order valence-corrected chi connectivity index (χ4v) is 3.45. The van der Waals surface area contributed by atoms with E-state index in [0.717, 1.165) is 32.6 Å². The van der Waals surface area contributed by atoms with Crippen molar-refractivity contribution in [2.24, 2.45) is 5.92 Å². The van der Waals surface area contributed by atoms with Crippen LogP contribution in [0.2, 0.25) is 0 Å². The molecule has 1 aliphatic heterocycles. The minimum Gasteiger partial charge on any atom is -0.503 e. The number of phenolic OH excluding ortho intramolecular Hbond substituents is 1. The Labute approximate surface area is 142 Å². The first-order chi connectivity index (χ1) is 10.5. The summed E-state index contributed by atoms with van der Waals surface area (Å²) in [6, 6.07) is 4.38. The van der Waals surface area contributed by atoms with E-state index in [1.165, 1.54) is 12.0 Å². The van der Waals surface area contributed by atoms with Crippen LogP contribution >= 0.6 is 15.9 Å². The second-order valence-corrected chi connectivity index (χ2v) is 7.18. The summed E-state index contributed by atoms with van der Waals surface area (Å²) in [5.74, 6) is 1.40. The molecule has 2 rings (SSSR count). The van der Waals surface area contributed by atoms with E-state index in [-0.39, 0.29) is 5.75 Å². The average molecular weight is 371 g/mol. The van der Waals surface area contributed by atoms with E-state index in [9.17, 15) is 5.11 Å². The first-order valence-electron chi connectivity index (χ1n) is 8.04. The molecule has 0 spiro atoms. The first kappa shape index (κ1) is 17.6. The fourth-order valence-electron chi connectivity index (χ4n) is 2.99. The highest BCUT2D eigenvalue weighted by Gasteiger charge is 2.24. The van der Waals surface area contributed by atoms with Crippen molar-refractivity contribution in [2.75, 3.05) is 33.3 Å². The lowest BCUT2D eigenvalue weighted by molar-refractivity contribution is 0.159. The van der Waals surface area contributed by atoms with Gasteiger partial charge in [0.1, 0.15) is 0 Å². The van der Waals surface area contributed by atoms with E-state index in [1.54, 1.807) is 7.11 Å². The van der Waals surface area contributed by atoms with E-state index in [2.05, 4.69) is 40.0 Å². The van der Waals surface area contributed by atoms with Gasteiger partial charge in [-0.25, -0.2) is 0 Å². The number of piperazine rings is 1. The number of rotatable bonds is 6.